The summed E-state index contributed by atoms with van der Waals surface area (Å²) in [5.74, 6) is 5.08. The van der Waals surface area contributed by atoms with Crippen molar-refractivity contribution in [3.05, 3.63) is 35.4 Å². The summed E-state index contributed by atoms with van der Waals surface area (Å²) in [4.78, 5) is 0. The van der Waals surface area contributed by atoms with E-state index in [1.165, 1.54) is 12.1 Å². The molecule has 1 saturated heterocycles. The molecule has 0 bridgehead atoms. The Balaban J connectivity index is 2.16. The van der Waals surface area contributed by atoms with Crippen LogP contribution in [0.3, 0.4) is 0 Å². The molecule has 0 spiro atoms. The number of nitrogens with two attached hydrogens (primary N) is 1. The highest BCUT2D eigenvalue weighted by Crippen LogP contribution is 2.35. The van der Waals surface area contributed by atoms with Crippen LogP contribution in [0.1, 0.15) is 26.3 Å². The topological polar surface area (TPSA) is 47.3 Å². The van der Waals surface area contributed by atoms with Gasteiger partial charge in [0.2, 0.25) is 0 Å². The lowest BCUT2D eigenvalue weighted by atomic mass is 9.81. The third-order valence-corrected chi connectivity index (χ3v) is 4.38. The Hall–Kier alpha value is -1.04. The first-order chi connectivity index (χ1) is 9.42. The van der Waals surface area contributed by atoms with Crippen LogP contribution in [-0.4, -0.2) is 18.2 Å². The molecule has 5 unspecified atom stereocenters. The van der Waals surface area contributed by atoms with E-state index in [-0.39, 0.29) is 24.2 Å². The molecule has 1 heterocycles. The van der Waals surface area contributed by atoms with Gasteiger partial charge in [-0.2, -0.15) is 0 Å². The molecule has 1 aliphatic heterocycles. The maximum atomic E-state index is 13.3. The Morgan fingerprint density at radius 2 is 1.75 bits per heavy atom. The Morgan fingerprint density at radius 1 is 1.15 bits per heavy atom. The van der Waals surface area contributed by atoms with Gasteiger partial charge >= 0.3 is 0 Å². The Kier molecular flexibility index (Phi) is 4.73. The van der Waals surface area contributed by atoms with Crippen LogP contribution in [0.5, 0.6) is 0 Å². The second-order valence-electron chi connectivity index (χ2n) is 5.74. The first kappa shape index (κ1) is 15.4. The number of ether oxygens (including phenoxy) is 1. The lowest BCUT2D eigenvalue weighted by molar-refractivity contribution is 0.0476. The molecule has 0 aliphatic carbocycles. The molecule has 1 aromatic carbocycles. The summed E-state index contributed by atoms with van der Waals surface area (Å²) in [5, 5.41) is 0. The van der Waals surface area contributed by atoms with Crippen molar-refractivity contribution in [2.24, 2.45) is 17.7 Å². The van der Waals surface area contributed by atoms with E-state index >= 15 is 0 Å². The molecular weight excluding hydrogens is 262 g/mol. The molecule has 20 heavy (non-hydrogen) atoms. The van der Waals surface area contributed by atoms with Gasteiger partial charge in [-0.05, 0) is 43.9 Å². The molecule has 3 nitrogen and oxygen atoms in total. The SMILES string of the molecule is CC1OC(C)C(C(Cc2cc(F)cc(F)c2)NN)C1C. The molecule has 2 rings (SSSR count). The van der Waals surface area contributed by atoms with E-state index < -0.39 is 11.6 Å². The van der Waals surface area contributed by atoms with Gasteiger partial charge in [0, 0.05) is 18.0 Å². The number of nitrogens with one attached hydrogen (secondary N) is 1. The van der Waals surface area contributed by atoms with E-state index in [9.17, 15) is 8.78 Å². The molecule has 0 aromatic heterocycles. The molecule has 1 aromatic rings. The molecule has 5 heteroatoms. The predicted molar refractivity (Wildman–Crippen MR) is 73.8 cm³/mol. The van der Waals surface area contributed by atoms with Crippen molar-refractivity contribution in [1.82, 2.24) is 5.43 Å². The average Bonchev–Trinajstić information content (AvgIpc) is 2.60. The summed E-state index contributed by atoms with van der Waals surface area (Å²) in [6.45, 7) is 6.17. The average molecular weight is 284 g/mol. The zero-order chi connectivity index (χ0) is 14.9. The van der Waals surface area contributed by atoms with Crippen LogP contribution >= 0.6 is 0 Å². The van der Waals surface area contributed by atoms with E-state index in [1.54, 1.807) is 0 Å². The van der Waals surface area contributed by atoms with Crippen LogP contribution in [0.2, 0.25) is 0 Å². The highest BCUT2D eigenvalue weighted by atomic mass is 19.1. The molecule has 1 fully saturated rings. The van der Waals surface area contributed by atoms with Gasteiger partial charge in [0.15, 0.2) is 0 Å². The van der Waals surface area contributed by atoms with Crippen LogP contribution in [0.15, 0.2) is 18.2 Å². The predicted octanol–water partition coefficient (Wildman–Crippen LogP) is 2.40. The quantitative estimate of drug-likeness (QED) is 0.659. The van der Waals surface area contributed by atoms with Gasteiger partial charge in [-0.1, -0.05) is 6.92 Å². The molecule has 3 N–H and O–H groups in total. The minimum atomic E-state index is -0.562. The molecule has 0 amide bonds. The number of benzene rings is 1. The summed E-state index contributed by atoms with van der Waals surface area (Å²) in [7, 11) is 0. The molecule has 0 saturated carbocycles. The van der Waals surface area contributed by atoms with E-state index in [4.69, 9.17) is 10.6 Å². The number of rotatable bonds is 4. The lowest BCUT2D eigenvalue weighted by Crippen LogP contribution is -2.46. The monoisotopic (exact) mass is 284 g/mol. The summed E-state index contributed by atoms with van der Waals surface area (Å²) < 4.78 is 32.3. The fourth-order valence-electron chi connectivity index (χ4n) is 3.28. The molecule has 1 aliphatic rings. The normalized spacial score (nSPS) is 31.5. The zero-order valence-electron chi connectivity index (χ0n) is 12.1. The summed E-state index contributed by atoms with van der Waals surface area (Å²) in [6, 6.07) is 3.50. The summed E-state index contributed by atoms with van der Waals surface area (Å²) in [6.07, 6.45) is 0.704. The first-order valence-corrected chi connectivity index (χ1v) is 6.99. The van der Waals surface area contributed by atoms with Crippen molar-refractivity contribution in [3.63, 3.8) is 0 Å². The molecular formula is C15H22F2N2O. The van der Waals surface area contributed by atoms with E-state index in [1.807, 2.05) is 13.8 Å². The van der Waals surface area contributed by atoms with Crippen LogP contribution in [-0.2, 0) is 11.2 Å². The van der Waals surface area contributed by atoms with Crippen molar-refractivity contribution >= 4 is 0 Å². The van der Waals surface area contributed by atoms with Gasteiger partial charge in [0.1, 0.15) is 11.6 Å². The highest BCUT2D eigenvalue weighted by Gasteiger charge is 2.41. The second-order valence-corrected chi connectivity index (χ2v) is 5.74. The van der Waals surface area contributed by atoms with Crippen LogP contribution in [0, 0.1) is 23.5 Å². The van der Waals surface area contributed by atoms with Crippen molar-refractivity contribution in [2.75, 3.05) is 0 Å². The van der Waals surface area contributed by atoms with Gasteiger partial charge < -0.3 is 4.74 Å². The van der Waals surface area contributed by atoms with Crippen molar-refractivity contribution in [1.29, 1.82) is 0 Å². The van der Waals surface area contributed by atoms with Crippen LogP contribution in [0.25, 0.3) is 0 Å². The Bertz CT molecular complexity index is 449. The van der Waals surface area contributed by atoms with E-state index in [2.05, 4.69) is 12.3 Å². The highest BCUT2D eigenvalue weighted by molar-refractivity contribution is 5.19. The number of hydrogen-bond acceptors (Lipinski definition) is 3. The molecule has 0 radical (unpaired) electrons. The largest absolute Gasteiger partial charge is 0.375 e. The second kappa shape index (κ2) is 6.16. The Morgan fingerprint density at radius 3 is 2.20 bits per heavy atom. The lowest BCUT2D eigenvalue weighted by Gasteiger charge is -2.28. The third kappa shape index (κ3) is 3.16. The zero-order valence-corrected chi connectivity index (χ0v) is 12.1. The first-order valence-electron chi connectivity index (χ1n) is 6.99. The fraction of sp³-hybridized carbons (Fsp3) is 0.600. The van der Waals surface area contributed by atoms with Crippen molar-refractivity contribution < 1.29 is 13.5 Å². The molecule has 5 atom stereocenters. The van der Waals surface area contributed by atoms with E-state index in [0.717, 1.165) is 6.07 Å². The van der Waals surface area contributed by atoms with Crippen LogP contribution in [0.4, 0.5) is 8.78 Å². The number of halogens is 2. The minimum absolute atomic E-state index is 0.0689. The van der Waals surface area contributed by atoms with Gasteiger partial charge in [-0.25, -0.2) is 8.78 Å². The van der Waals surface area contributed by atoms with E-state index in [0.29, 0.717) is 17.9 Å². The smallest absolute Gasteiger partial charge is 0.126 e. The third-order valence-electron chi connectivity index (χ3n) is 4.38. The van der Waals surface area contributed by atoms with Crippen molar-refractivity contribution in [2.45, 2.75) is 45.4 Å². The molecule has 112 valence electrons. The van der Waals surface area contributed by atoms with Crippen molar-refractivity contribution in [3.8, 4) is 0 Å². The number of hydrazine groups is 1. The minimum Gasteiger partial charge on any atom is -0.375 e. The Labute approximate surface area is 118 Å². The fourth-order valence-corrected chi connectivity index (χ4v) is 3.28. The van der Waals surface area contributed by atoms with Gasteiger partial charge in [-0.15, -0.1) is 0 Å². The standard InChI is InChI=1S/C15H22F2N2O/c1-8-9(2)20-10(3)15(8)14(19-18)6-11-4-12(16)7-13(17)5-11/h4-5,7-10,14-15,19H,6,18H2,1-3H3. The van der Waals surface area contributed by atoms with Gasteiger partial charge in [-0.3, -0.25) is 11.3 Å². The maximum Gasteiger partial charge on any atom is 0.126 e. The summed E-state index contributed by atoms with van der Waals surface area (Å²) in [5.41, 5.74) is 3.39. The number of hydrogen-bond donors (Lipinski definition) is 2. The maximum absolute atomic E-state index is 13.3. The van der Waals surface area contributed by atoms with Gasteiger partial charge in [0.05, 0.1) is 12.2 Å². The van der Waals surface area contributed by atoms with Gasteiger partial charge in [0.25, 0.3) is 0 Å². The summed E-state index contributed by atoms with van der Waals surface area (Å²) >= 11 is 0. The van der Waals surface area contributed by atoms with Crippen LogP contribution < -0.4 is 11.3 Å².